The minimum atomic E-state index is -1.23. The number of hydrogen-bond acceptors (Lipinski definition) is 8. The number of aromatic amines is 1. The molecule has 4 atom stereocenters. The molecule has 3 rings (SSSR count). The van der Waals surface area contributed by atoms with Gasteiger partial charge in [0.05, 0.1) is 12.9 Å². The van der Waals surface area contributed by atoms with Crippen molar-refractivity contribution in [1.29, 1.82) is 0 Å². The van der Waals surface area contributed by atoms with Crippen LogP contribution in [0.2, 0.25) is 0 Å². The molecule has 0 amide bonds. The number of fused-ring (bicyclic) bond motifs is 1. The van der Waals surface area contributed by atoms with E-state index in [0.29, 0.717) is 11.2 Å². The van der Waals surface area contributed by atoms with E-state index >= 15 is 0 Å². The van der Waals surface area contributed by atoms with E-state index < -0.39 is 31.0 Å². The molecule has 1 aliphatic rings. The number of nitrogens with zero attached hydrogens (tertiary/aromatic N) is 3. The van der Waals surface area contributed by atoms with Crippen molar-refractivity contribution >= 4 is 17.0 Å². The van der Waals surface area contributed by atoms with Gasteiger partial charge in [0.25, 0.3) is 0 Å². The number of nitrogen functional groups attached to an aromatic ring is 1. The lowest BCUT2D eigenvalue weighted by molar-refractivity contribution is -0.0251. The average Bonchev–Trinajstić information content (AvgIpc) is 2.96. The van der Waals surface area contributed by atoms with Crippen molar-refractivity contribution in [3.63, 3.8) is 0 Å². The van der Waals surface area contributed by atoms with Crippen LogP contribution in [0.25, 0.3) is 11.2 Å². The Hall–Kier alpha value is -1.81. The second kappa shape index (κ2) is 4.38. The second-order valence-electron chi connectivity index (χ2n) is 4.33. The number of rotatable bonds is 2. The quantitative estimate of drug-likeness (QED) is 0.423. The molecule has 0 aliphatic carbocycles. The van der Waals surface area contributed by atoms with E-state index in [1.165, 1.54) is 6.33 Å². The minimum Gasteiger partial charge on any atom is -0.394 e. The molecule has 6 N–H and O–H groups in total. The lowest BCUT2D eigenvalue weighted by atomic mass is 10.1. The first-order chi connectivity index (χ1) is 9.11. The van der Waals surface area contributed by atoms with Gasteiger partial charge in [-0.3, -0.25) is 0 Å². The Labute approximate surface area is 107 Å². The average molecular weight is 267 g/mol. The third-order valence-corrected chi connectivity index (χ3v) is 3.13. The Kier molecular flexibility index (Phi) is 2.82. The molecule has 0 saturated carbocycles. The van der Waals surface area contributed by atoms with Crippen LogP contribution in [-0.4, -0.2) is 60.2 Å². The molecule has 1 fully saturated rings. The van der Waals surface area contributed by atoms with E-state index in [1.54, 1.807) is 0 Å². The Bertz CT molecular complexity index is 603. The molecule has 0 spiro atoms. The molecular formula is C10H13N5O4. The van der Waals surface area contributed by atoms with Crippen molar-refractivity contribution in [2.45, 2.75) is 24.4 Å². The summed E-state index contributed by atoms with van der Waals surface area (Å²) < 4.78 is 5.33. The van der Waals surface area contributed by atoms with Crippen LogP contribution in [-0.2, 0) is 4.74 Å². The van der Waals surface area contributed by atoms with E-state index in [1.807, 2.05) is 0 Å². The summed E-state index contributed by atoms with van der Waals surface area (Å²) in [5.74, 6) is 0.301. The topological polar surface area (TPSA) is 150 Å². The maximum absolute atomic E-state index is 9.89. The highest BCUT2D eigenvalue weighted by molar-refractivity contribution is 5.80. The van der Waals surface area contributed by atoms with Gasteiger partial charge in [0, 0.05) is 0 Å². The molecule has 19 heavy (non-hydrogen) atoms. The summed E-state index contributed by atoms with van der Waals surface area (Å²) in [6, 6.07) is 0. The molecule has 9 heteroatoms. The molecule has 0 radical (unpaired) electrons. The maximum Gasteiger partial charge on any atom is 0.183 e. The monoisotopic (exact) mass is 267 g/mol. The summed E-state index contributed by atoms with van der Waals surface area (Å²) >= 11 is 0. The molecule has 9 nitrogen and oxygen atoms in total. The number of aliphatic hydroxyl groups excluding tert-OH is 3. The van der Waals surface area contributed by atoms with E-state index in [4.69, 9.17) is 15.6 Å². The molecule has 4 unspecified atom stereocenters. The van der Waals surface area contributed by atoms with Crippen LogP contribution >= 0.6 is 0 Å². The van der Waals surface area contributed by atoms with Crippen LogP contribution in [0.5, 0.6) is 0 Å². The van der Waals surface area contributed by atoms with E-state index in [-0.39, 0.29) is 11.6 Å². The fourth-order valence-electron chi connectivity index (χ4n) is 2.11. The van der Waals surface area contributed by atoms with Gasteiger partial charge < -0.3 is 30.8 Å². The maximum atomic E-state index is 9.89. The number of hydrogen-bond donors (Lipinski definition) is 5. The molecule has 102 valence electrons. The summed E-state index contributed by atoms with van der Waals surface area (Å²) in [5.41, 5.74) is 6.59. The normalized spacial score (nSPS) is 31.1. The highest BCUT2D eigenvalue weighted by Gasteiger charge is 2.44. The number of nitrogens with two attached hydrogens (primary N) is 1. The molecule has 1 saturated heterocycles. The van der Waals surface area contributed by atoms with Crippen molar-refractivity contribution in [3.05, 3.63) is 12.2 Å². The van der Waals surface area contributed by atoms with Gasteiger partial charge in [-0.2, -0.15) is 0 Å². The fourth-order valence-corrected chi connectivity index (χ4v) is 2.11. The predicted molar refractivity (Wildman–Crippen MR) is 62.8 cm³/mol. The second-order valence-corrected chi connectivity index (χ2v) is 4.33. The van der Waals surface area contributed by atoms with Crippen LogP contribution in [0.15, 0.2) is 6.33 Å². The van der Waals surface area contributed by atoms with E-state index in [0.717, 1.165) is 0 Å². The number of aliphatic hydroxyl groups is 3. The lowest BCUT2D eigenvalue weighted by Gasteiger charge is -2.13. The highest BCUT2D eigenvalue weighted by atomic mass is 16.6. The zero-order valence-electron chi connectivity index (χ0n) is 9.76. The third-order valence-electron chi connectivity index (χ3n) is 3.13. The summed E-state index contributed by atoms with van der Waals surface area (Å²) in [6.45, 7) is -0.408. The van der Waals surface area contributed by atoms with E-state index in [2.05, 4.69) is 19.9 Å². The van der Waals surface area contributed by atoms with Gasteiger partial charge in [0.2, 0.25) is 0 Å². The van der Waals surface area contributed by atoms with Gasteiger partial charge in [0.1, 0.15) is 29.9 Å². The molecule has 2 aromatic rings. The molecular weight excluding hydrogens is 254 g/mol. The standard InChI is InChI=1S/C10H13N5O4/c11-8-4-9(13-2-12-4)15-10(14-8)7-6(18)5(17)3(1-16)19-7/h2-3,5-7,16-18H,1H2,(H3,11,12,13,14,15). The van der Waals surface area contributed by atoms with Crippen molar-refractivity contribution in [2.24, 2.45) is 0 Å². The number of imidazole rings is 1. The molecule has 1 aliphatic heterocycles. The van der Waals surface area contributed by atoms with Crippen LogP contribution < -0.4 is 5.73 Å². The molecule has 0 aromatic carbocycles. The number of aromatic nitrogens is 4. The molecule has 0 bridgehead atoms. The minimum absolute atomic E-state index is 0.125. The number of H-pyrrole nitrogens is 1. The van der Waals surface area contributed by atoms with Crippen LogP contribution in [0.3, 0.4) is 0 Å². The van der Waals surface area contributed by atoms with Crippen molar-refractivity contribution in [3.8, 4) is 0 Å². The van der Waals surface area contributed by atoms with Crippen molar-refractivity contribution in [1.82, 2.24) is 19.9 Å². The zero-order valence-corrected chi connectivity index (χ0v) is 9.76. The summed E-state index contributed by atoms with van der Waals surface area (Å²) in [6.07, 6.45) is -2.82. The first-order valence-electron chi connectivity index (χ1n) is 5.70. The van der Waals surface area contributed by atoms with Gasteiger partial charge in [-0.05, 0) is 0 Å². The van der Waals surface area contributed by atoms with Crippen LogP contribution in [0.1, 0.15) is 11.9 Å². The lowest BCUT2D eigenvalue weighted by Crippen LogP contribution is -2.32. The molecule has 2 aromatic heterocycles. The van der Waals surface area contributed by atoms with Crippen molar-refractivity contribution < 1.29 is 20.1 Å². The summed E-state index contributed by atoms with van der Waals surface area (Å²) in [4.78, 5) is 14.9. The fraction of sp³-hybridized carbons (Fsp3) is 0.500. The highest BCUT2D eigenvalue weighted by Crippen LogP contribution is 2.32. The first-order valence-corrected chi connectivity index (χ1v) is 5.70. The van der Waals surface area contributed by atoms with E-state index in [9.17, 15) is 10.2 Å². The number of anilines is 1. The van der Waals surface area contributed by atoms with Gasteiger partial charge in [-0.15, -0.1) is 0 Å². The van der Waals surface area contributed by atoms with Crippen LogP contribution in [0.4, 0.5) is 5.82 Å². The van der Waals surface area contributed by atoms with Gasteiger partial charge in [-0.1, -0.05) is 0 Å². The van der Waals surface area contributed by atoms with Crippen LogP contribution in [0, 0.1) is 0 Å². The zero-order chi connectivity index (χ0) is 13.6. The Balaban J connectivity index is 2.00. The Morgan fingerprint density at radius 3 is 2.79 bits per heavy atom. The largest absolute Gasteiger partial charge is 0.394 e. The first kappa shape index (κ1) is 12.2. The number of nitrogens with one attached hydrogen (secondary N) is 1. The summed E-state index contributed by atoms with van der Waals surface area (Å²) in [5, 5.41) is 28.6. The third kappa shape index (κ3) is 1.83. The Morgan fingerprint density at radius 2 is 2.11 bits per heavy atom. The van der Waals surface area contributed by atoms with Gasteiger partial charge in [0.15, 0.2) is 17.3 Å². The predicted octanol–water partition coefficient (Wildman–Crippen LogP) is -1.91. The van der Waals surface area contributed by atoms with Gasteiger partial charge >= 0.3 is 0 Å². The molecule has 3 heterocycles. The summed E-state index contributed by atoms with van der Waals surface area (Å²) in [7, 11) is 0. The Morgan fingerprint density at radius 1 is 1.32 bits per heavy atom. The van der Waals surface area contributed by atoms with Gasteiger partial charge in [-0.25, -0.2) is 15.0 Å². The number of ether oxygens (including phenoxy) is 1. The SMILES string of the molecule is Nc1nc(C2OC(CO)C(O)C2O)nc2nc[nH]c12. The van der Waals surface area contributed by atoms with Crippen molar-refractivity contribution in [2.75, 3.05) is 12.3 Å². The smallest absolute Gasteiger partial charge is 0.183 e.